The summed E-state index contributed by atoms with van der Waals surface area (Å²) in [5, 5.41) is 20.0. The standard InChI is InChI=1S/C20H26O7/c1-10(9-21)8-13(22)25-16-14-12(3)19(24)26-17(14)18-20(4,27-18)7-5-6-11(2)15(16)23/h6,8,14-18,21,23H,3,5,7,9H2,1-2,4H3/b10-8+,11-6+/t14-,15+,16-,17+,18-,20-/m1/s1. The van der Waals surface area contributed by atoms with Gasteiger partial charge in [-0.3, -0.25) is 0 Å². The molecule has 2 N–H and O–H groups in total. The van der Waals surface area contributed by atoms with E-state index in [2.05, 4.69) is 6.58 Å². The molecule has 2 fully saturated rings. The van der Waals surface area contributed by atoms with Crippen molar-refractivity contribution in [3.63, 3.8) is 0 Å². The SMILES string of the molecule is C=C1C(=O)O[C@H]2[C@H]1[C@@H](OC(=O)/C=C(\C)CO)[C@@H](O)/C(C)=C/CC[C@@]1(C)O[C@H]21. The maximum atomic E-state index is 12.3. The number of hydrogen-bond donors (Lipinski definition) is 2. The first-order valence-corrected chi connectivity index (χ1v) is 9.09. The maximum Gasteiger partial charge on any atom is 0.334 e. The van der Waals surface area contributed by atoms with Crippen molar-refractivity contribution in [1.29, 1.82) is 0 Å². The zero-order valence-electron chi connectivity index (χ0n) is 15.8. The van der Waals surface area contributed by atoms with Crippen LogP contribution >= 0.6 is 0 Å². The maximum absolute atomic E-state index is 12.3. The highest BCUT2D eigenvalue weighted by Gasteiger charge is 2.64. The molecule has 27 heavy (non-hydrogen) atoms. The Labute approximate surface area is 158 Å². The average Bonchev–Trinajstić information content (AvgIpc) is 3.19. The van der Waals surface area contributed by atoms with Crippen molar-refractivity contribution in [1.82, 2.24) is 0 Å². The van der Waals surface area contributed by atoms with Gasteiger partial charge in [-0.1, -0.05) is 12.7 Å². The number of aliphatic hydroxyl groups excluding tert-OH is 2. The second-order valence-corrected chi connectivity index (χ2v) is 7.75. The molecule has 0 radical (unpaired) electrons. The lowest BCUT2D eigenvalue weighted by Crippen LogP contribution is -2.45. The van der Waals surface area contributed by atoms with E-state index in [1.807, 2.05) is 13.0 Å². The Kier molecular flexibility index (Phi) is 5.29. The van der Waals surface area contributed by atoms with Crippen molar-refractivity contribution in [2.45, 2.75) is 63.6 Å². The van der Waals surface area contributed by atoms with E-state index in [1.54, 1.807) is 13.8 Å². The number of epoxide rings is 1. The fourth-order valence-corrected chi connectivity index (χ4v) is 3.83. The third kappa shape index (κ3) is 3.72. The lowest BCUT2D eigenvalue weighted by Gasteiger charge is -2.31. The second-order valence-electron chi connectivity index (χ2n) is 7.75. The number of fused-ring (bicyclic) bond motifs is 3. The Bertz CT molecular complexity index is 722. The number of hydrogen-bond acceptors (Lipinski definition) is 7. The second kappa shape index (κ2) is 7.22. The van der Waals surface area contributed by atoms with Crippen LogP contribution in [-0.2, 0) is 23.8 Å². The molecule has 148 valence electrons. The summed E-state index contributed by atoms with van der Waals surface area (Å²) in [5.74, 6) is -1.99. The van der Waals surface area contributed by atoms with Crippen LogP contribution in [0.3, 0.4) is 0 Å². The molecule has 3 aliphatic rings. The molecule has 2 aliphatic heterocycles. The Morgan fingerprint density at radius 3 is 2.89 bits per heavy atom. The van der Waals surface area contributed by atoms with Crippen molar-refractivity contribution in [3.8, 4) is 0 Å². The Morgan fingerprint density at radius 2 is 2.22 bits per heavy atom. The number of carbonyl (C=O) groups is 2. The summed E-state index contributed by atoms with van der Waals surface area (Å²) in [7, 11) is 0. The van der Waals surface area contributed by atoms with Crippen LogP contribution < -0.4 is 0 Å². The summed E-state index contributed by atoms with van der Waals surface area (Å²) in [4.78, 5) is 24.5. The lowest BCUT2D eigenvalue weighted by atomic mass is 9.81. The molecule has 0 aromatic heterocycles. The number of esters is 2. The van der Waals surface area contributed by atoms with Crippen LogP contribution in [0.25, 0.3) is 0 Å². The van der Waals surface area contributed by atoms with Crippen molar-refractivity contribution in [2.24, 2.45) is 5.92 Å². The largest absolute Gasteiger partial charge is 0.455 e. The summed E-state index contributed by atoms with van der Waals surface area (Å²) in [6.07, 6.45) is 1.31. The topological polar surface area (TPSA) is 106 Å². The summed E-state index contributed by atoms with van der Waals surface area (Å²) in [6.45, 7) is 8.83. The fraction of sp³-hybridized carbons (Fsp3) is 0.600. The van der Waals surface area contributed by atoms with Gasteiger partial charge < -0.3 is 24.4 Å². The van der Waals surface area contributed by atoms with Gasteiger partial charge in [-0.05, 0) is 44.8 Å². The van der Waals surface area contributed by atoms with E-state index in [-0.39, 0.29) is 18.3 Å². The summed E-state index contributed by atoms with van der Waals surface area (Å²) in [6, 6.07) is 0. The molecule has 0 saturated carbocycles. The Morgan fingerprint density at radius 1 is 1.52 bits per heavy atom. The third-order valence-electron chi connectivity index (χ3n) is 5.61. The van der Waals surface area contributed by atoms with Crippen molar-refractivity contribution >= 4 is 11.9 Å². The summed E-state index contributed by atoms with van der Waals surface area (Å²) < 4.78 is 16.9. The molecule has 0 spiro atoms. The van der Waals surface area contributed by atoms with Crippen molar-refractivity contribution in [3.05, 3.63) is 35.5 Å². The molecule has 0 unspecified atom stereocenters. The monoisotopic (exact) mass is 378 g/mol. The van der Waals surface area contributed by atoms with Crippen molar-refractivity contribution < 1.29 is 34.0 Å². The molecule has 3 rings (SSSR count). The minimum Gasteiger partial charge on any atom is -0.455 e. The third-order valence-corrected chi connectivity index (χ3v) is 5.61. The molecule has 1 aliphatic carbocycles. The molecule has 0 aromatic rings. The predicted octanol–water partition coefficient (Wildman–Crippen LogP) is 1.19. The molecule has 7 heteroatoms. The first kappa shape index (κ1) is 19.8. The van der Waals surface area contributed by atoms with Crippen LogP contribution in [0.2, 0.25) is 0 Å². The number of aliphatic hydroxyl groups is 2. The number of ether oxygens (including phenoxy) is 3. The number of carbonyl (C=O) groups excluding carboxylic acids is 2. The van der Waals surface area contributed by atoms with Gasteiger partial charge in [0.15, 0.2) is 0 Å². The van der Waals surface area contributed by atoms with Gasteiger partial charge in [0.2, 0.25) is 0 Å². The van der Waals surface area contributed by atoms with Gasteiger partial charge in [0, 0.05) is 11.6 Å². The van der Waals surface area contributed by atoms with Crippen LogP contribution in [0.5, 0.6) is 0 Å². The van der Waals surface area contributed by atoms with E-state index in [0.29, 0.717) is 17.6 Å². The lowest BCUT2D eigenvalue weighted by molar-refractivity contribution is -0.153. The zero-order chi connectivity index (χ0) is 19.9. The quantitative estimate of drug-likeness (QED) is 0.329. The first-order valence-electron chi connectivity index (χ1n) is 9.09. The van der Waals surface area contributed by atoms with Gasteiger partial charge in [0.25, 0.3) is 0 Å². The number of rotatable bonds is 3. The zero-order valence-corrected chi connectivity index (χ0v) is 15.8. The van der Waals surface area contributed by atoms with E-state index >= 15 is 0 Å². The van der Waals surface area contributed by atoms with E-state index in [0.717, 1.165) is 12.5 Å². The van der Waals surface area contributed by atoms with E-state index in [9.17, 15) is 14.7 Å². The molecular weight excluding hydrogens is 352 g/mol. The van der Waals surface area contributed by atoms with Crippen LogP contribution in [0.15, 0.2) is 35.5 Å². The first-order chi connectivity index (χ1) is 12.7. The van der Waals surface area contributed by atoms with Gasteiger partial charge in [0.1, 0.15) is 24.4 Å². The van der Waals surface area contributed by atoms with Crippen LogP contribution in [0.4, 0.5) is 0 Å². The number of allylic oxidation sites excluding steroid dienone is 1. The molecule has 0 aromatic carbocycles. The molecular formula is C20H26O7. The average molecular weight is 378 g/mol. The van der Waals surface area contributed by atoms with E-state index < -0.39 is 41.8 Å². The molecule has 0 bridgehead atoms. The van der Waals surface area contributed by atoms with Gasteiger partial charge in [-0.15, -0.1) is 0 Å². The highest BCUT2D eigenvalue weighted by molar-refractivity contribution is 5.91. The van der Waals surface area contributed by atoms with E-state index in [1.165, 1.54) is 0 Å². The minimum absolute atomic E-state index is 0.158. The molecule has 2 heterocycles. The summed E-state index contributed by atoms with van der Waals surface area (Å²) in [5.41, 5.74) is 0.804. The molecule has 7 nitrogen and oxygen atoms in total. The van der Waals surface area contributed by atoms with Gasteiger partial charge >= 0.3 is 11.9 Å². The smallest absolute Gasteiger partial charge is 0.334 e. The minimum atomic E-state index is -1.11. The summed E-state index contributed by atoms with van der Waals surface area (Å²) >= 11 is 0. The molecule has 0 amide bonds. The van der Waals surface area contributed by atoms with Gasteiger partial charge in [-0.25, -0.2) is 9.59 Å². The van der Waals surface area contributed by atoms with Gasteiger partial charge in [0.05, 0.1) is 18.1 Å². The van der Waals surface area contributed by atoms with Crippen LogP contribution in [0.1, 0.15) is 33.6 Å². The van der Waals surface area contributed by atoms with E-state index in [4.69, 9.17) is 19.3 Å². The van der Waals surface area contributed by atoms with Crippen LogP contribution in [-0.4, -0.2) is 58.8 Å². The molecule has 2 saturated heterocycles. The highest BCUT2D eigenvalue weighted by Crippen LogP contribution is 2.50. The Hall–Kier alpha value is -1.96. The predicted molar refractivity (Wildman–Crippen MR) is 95.5 cm³/mol. The molecule has 6 atom stereocenters. The van der Waals surface area contributed by atoms with Gasteiger partial charge in [-0.2, -0.15) is 0 Å². The van der Waals surface area contributed by atoms with Crippen LogP contribution in [0, 0.1) is 5.92 Å². The fourth-order valence-electron chi connectivity index (χ4n) is 3.83. The highest BCUT2D eigenvalue weighted by atomic mass is 16.6. The normalized spacial score (nSPS) is 41.0. The van der Waals surface area contributed by atoms with Crippen molar-refractivity contribution in [2.75, 3.05) is 6.61 Å². The Balaban J connectivity index is 1.97.